The van der Waals surface area contributed by atoms with E-state index in [-0.39, 0.29) is 0 Å². The summed E-state index contributed by atoms with van der Waals surface area (Å²) >= 11 is 0. The first-order valence-electron chi connectivity index (χ1n) is 6.84. The second kappa shape index (κ2) is 5.53. The summed E-state index contributed by atoms with van der Waals surface area (Å²) in [6.07, 6.45) is 0. The first-order valence-corrected chi connectivity index (χ1v) is 6.84. The fourth-order valence-electron chi connectivity index (χ4n) is 2.42. The van der Waals surface area contributed by atoms with Gasteiger partial charge in [0.05, 0.1) is 11.0 Å². The van der Waals surface area contributed by atoms with Gasteiger partial charge in [-0.3, -0.25) is 0 Å². The van der Waals surface area contributed by atoms with Crippen molar-refractivity contribution in [2.75, 3.05) is 13.1 Å². The maximum absolute atomic E-state index is 4.82. The lowest BCUT2D eigenvalue weighted by Gasteiger charge is -2.13. The fraction of sp³-hybridized carbons (Fsp3) is 0.533. The van der Waals surface area contributed by atoms with Crippen molar-refractivity contribution < 1.29 is 0 Å². The maximum Gasteiger partial charge on any atom is 0.113 e. The molecule has 3 heteroatoms. The van der Waals surface area contributed by atoms with Crippen molar-refractivity contribution >= 4 is 11.0 Å². The Labute approximate surface area is 109 Å². The van der Waals surface area contributed by atoms with Gasteiger partial charge in [-0.2, -0.15) is 0 Å². The van der Waals surface area contributed by atoms with Crippen LogP contribution in [0.2, 0.25) is 0 Å². The molecule has 0 aliphatic carbocycles. The Hall–Kier alpha value is -1.35. The van der Waals surface area contributed by atoms with Crippen LogP contribution < -0.4 is 5.32 Å². The van der Waals surface area contributed by atoms with E-state index in [1.54, 1.807) is 0 Å². The second-order valence-electron chi connectivity index (χ2n) is 4.92. The monoisotopic (exact) mass is 245 g/mol. The highest BCUT2D eigenvalue weighted by Gasteiger charge is 2.15. The van der Waals surface area contributed by atoms with Gasteiger partial charge < -0.3 is 9.88 Å². The van der Waals surface area contributed by atoms with Gasteiger partial charge in [0.2, 0.25) is 0 Å². The van der Waals surface area contributed by atoms with Crippen LogP contribution in [0.25, 0.3) is 11.0 Å². The van der Waals surface area contributed by atoms with E-state index in [0.29, 0.717) is 5.92 Å². The van der Waals surface area contributed by atoms with E-state index in [4.69, 9.17) is 4.98 Å². The average molecular weight is 245 g/mol. The minimum Gasteiger partial charge on any atom is -0.328 e. The lowest BCUT2D eigenvalue weighted by atomic mass is 10.1. The number of hydrogen-bond acceptors (Lipinski definition) is 2. The number of likely N-dealkylation sites (N-methyl/N-ethyl adjacent to an activating group) is 1. The molecule has 18 heavy (non-hydrogen) atoms. The van der Waals surface area contributed by atoms with Gasteiger partial charge in [0, 0.05) is 19.0 Å². The van der Waals surface area contributed by atoms with Crippen LogP contribution in [0.3, 0.4) is 0 Å². The van der Waals surface area contributed by atoms with Crippen molar-refractivity contribution in [1.29, 1.82) is 0 Å². The number of hydrogen-bond donors (Lipinski definition) is 1. The summed E-state index contributed by atoms with van der Waals surface area (Å²) < 4.78 is 2.33. The summed E-state index contributed by atoms with van der Waals surface area (Å²) in [6.45, 7) is 11.7. The zero-order chi connectivity index (χ0) is 13.1. The van der Waals surface area contributed by atoms with E-state index in [2.05, 4.69) is 55.8 Å². The number of fused-ring (bicyclic) bond motifs is 1. The van der Waals surface area contributed by atoms with Crippen LogP contribution in [0.5, 0.6) is 0 Å². The molecule has 0 fully saturated rings. The molecule has 0 saturated carbocycles. The molecule has 0 aliphatic rings. The molecular formula is C15H23N3. The lowest BCUT2D eigenvalue weighted by molar-refractivity contribution is 0.577. The SMILES string of the molecule is CCNCC(C)c1nc2cc(C)ccc2n1CC. The van der Waals surface area contributed by atoms with Crippen molar-refractivity contribution in [3.8, 4) is 0 Å². The van der Waals surface area contributed by atoms with Gasteiger partial charge in [0.15, 0.2) is 0 Å². The smallest absolute Gasteiger partial charge is 0.113 e. The fourth-order valence-corrected chi connectivity index (χ4v) is 2.42. The van der Waals surface area contributed by atoms with E-state index in [9.17, 15) is 0 Å². The zero-order valence-corrected chi connectivity index (χ0v) is 11.8. The molecule has 3 nitrogen and oxygen atoms in total. The Kier molecular flexibility index (Phi) is 4.02. The molecule has 1 aromatic heterocycles. The molecule has 1 N–H and O–H groups in total. The number of nitrogens with one attached hydrogen (secondary N) is 1. The minimum atomic E-state index is 0.442. The van der Waals surface area contributed by atoms with Crippen LogP contribution in [-0.2, 0) is 6.54 Å². The highest BCUT2D eigenvalue weighted by molar-refractivity contribution is 5.77. The second-order valence-corrected chi connectivity index (χ2v) is 4.92. The number of aromatic nitrogens is 2. The Bertz CT molecular complexity index is 528. The van der Waals surface area contributed by atoms with Gasteiger partial charge in [0.1, 0.15) is 5.82 Å². The van der Waals surface area contributed by atoms with Crippen LogP contribution in [0.4, 0.5) is 0 Å². The Balaban J connectivity index is 2.43. The zero-order valence-electron chi connectivity index (χ0n) is 11.8. The van der Waals surface area contributed by atoms with Gasteiger partial charge in [-0.1, -0.05) is 19.9 Å². The van der Waals surface area contributed by atoms with Crippen LogP contribution in [-0.4, -0.2) is 22.6 Å². The molecule has 1 unspecified atom stereocenters. The van der Waals surface area contributed by atoms with Crippen molar-refractivity contribution in [1.82, 2.24) is 14.9 Å². The summed E-state index contributed by atoms with van der Waals surface area (Å²) in [7, 11) is 0. The van der Waals surface area contributed by atoms with E-state index in [1.807, 2.05) is 0 Å². The third-order valence-electron chi connectivity index (χ3n) is 3.39. The molecule has 0 spiro atoms. The van der Waals surface area contributed by atoms with Crippen molar-refractivity contribution in [2.24, 2.45) is 0 Å². The van der Waals surface area contributed by atoms with Crippen LogP contribution in [0, 0.1) is 6.92 Å². The third-order valence-corrected chi connectivity index (χ3v) is 3.39. The molecule has 2 rings (SSSR count). The van der Waals surface area contributed by atoms with Crippen LogP contribution in [0.15, 0.2) is 18.2 Å². The molecule has 1 aromatic carbocycles. The number of aryl methyl sites for hydroxylation is 2. The van der Waals surface area contributed by atoms with Crippen molar-refractivity contribution in [2.45, 2.75) is 40.2 Å². The first kappa shape index (κ1) is 13.1. The average Bonchev–Trinajstić information content (AvgIpc) is 2.73. The van der Waals surface area contributed by atoms with Gasteiger partial charge in [-0.15, -0.1) is 0 Å². The number of rotatable bonds is 5. The lowest BCUT2D eigenvalue weighted by Crippen LogP contribution is -2.21. The molecule has 1 atom stereocenters. The third kappa shape index (κ3) is 2.41. The summed E-state index contributed by atoms with van der Waals surface area (Å²) in [6, 6.07) is 6.52. The molecule has 0 bridgehead atoms. The minimum absolute atomic E-state index is 0.442. The Morgan fingerprint density at radius 2 is 2.11 bits per heavy atom. The maximum atomic E-state index is 4.82. The Morgan fingerprint density at radius 1 is 1.33 bits per heavy atom. The standard InChI is InChI=1S/C15H23N3/c1-5-16-10-12(4)15-17-13-9-11(3)7-8-14(13)18(15)6-2/h7-9,12,16H,5-6,10H2,1-4H3. The highest BCUT2D eigenvalue weighted by Crippen LogP contribution is 2.22. The van der Waals surface area contributed by atoms with E-state index >= 15 is 0 Å². The van der Waals surface area contributed by atoms with Crippen LogP contribution >= 0.6 is 0 Å². The van der Waals surface area contributed by atoms with Gasteiger partial charge in [-0.25, -0.2) is 4.98 Å². The predicted octanol–water partition coefficient (Wildman–Crippen LogP) is 3.08. The van der Waals surface area contributed by atoms with Gasteiger partial charge in [-0.05, 0) is 38.1 Å². The van der Waals surface area contributed by atoms with E-state index < -0.39 is 0 Å². The van der Waals surface area contributed by atoms with E-state index in [0.717, 1.165) is 25.2 Å². The topological polar surface area (TPSA) is 29.9 Å². The first-order chi connectivity index (χ1) is 8.67. The summed E-state index contributed by atoms with van der Waals surface area (Å²) in [4.78, 5) is 4.82. The van der Waals surface area contributed by atoms with Crippen LogP contribution in [0.1, 0.15) is 38.1 Å². The summed E-state index contributed by atoms with van der Waals surface area (Å²) in [5.41, 5.74) is 3.64. The molecular weight excluding hydrogens is 222 g/mol. The number of imidazole rings is 1. The molecule has 0 amide bonds. The molecule has 0 saturated heterocycles. The van der Waals surface area contributed by atoms with Gasteiger partial charge in [0.25, 0.3) is 0 Å². The predicted molar refractivity (Wildman–Crippen MR) is 77.1 cm³/mol. The molecule has 0 radical (unpaired) electrons. The quantitative estimate of drug-likeness (QED) is 0.877. The molecule has 1 heterocycles. The van der Waals surface area contributed by atoms with Gasteiger partial charge >= 0.3 is 0 Å². The number of benzene rings is 1. The summed E-state index contributed by atoms with van der Waals surface area (Å²) in [5, 5.41) is 3.40. The van der Waals surface area contributed by atoms with Crippen molar-refractivity contribution in [3.63, 3.8) is 0 Å². The molecule has 98 valence electrons. The Morgan fingerprint density at radius 3 is 2.78 bits per heavy atom. The molecule has 2 aromatic rings. The van der Waals surface area contributed by atoms with E-state index in [1.165, 1.54) is 16.9 Å². The normalized spacial score (nSPS) is 13.1. The van der Waals surface area contributed by atoms with Crippen molar-refractivity contribution in [3.05, 3.63) is 29.6 Å². The number of nitrogens with zero attached hydrogens (tertiary/aromatic N) is 2. The molecule has 0 aliphatic heterocycles. The highest BCUT2D eigenvalue weighted by atomic mass is 15.1. The largest absolute Gasteiger partial charge is 0.328 e. The summed E-state index contributed by atoms with van der Waals surface area (Å²) in [5.74, 6) is 1.64.